The summed E-state index contributed by atoms with van der Waals surface area (Å²) < 4.78 is 24.8. The number of phenols is 2. The van der Waals surface area contributed by atoms with Crippen molar-refractivity contribution in [2.24, 2.45) is 0 Å². The molecule has 0 heterocycles. The first-order valence-corrected chi connectivity index (χ1v) is 7.15. The van der Waals surface area contributed by atoms with Crippen molar-refractivity contribution in [1.82, 2.24) is 0 Å². The zero-order valence-corrected chi connectivity index (χ0v) is 11.4. The molecular formula is C14H14O4S. The summed E-state index contributed by atoms with van der Waals surface area (Å²) in [5.41, 5.74) is 1.15. The highest BCUT2D eigenvalue weighted by Crippen LogP contribution is 2.33. The monoisotopic (exact) mass is 278 g/mol. The first kappa shape index (κ1) is 13.4. The van der Waals surface area contributed by atoms with Gasteiger partial charge in [0.2, 0.25) is 9.84 Å². The first-order chi connectivity index (χ1) is 8.82. The Kier molecular flexibility index (Phi) is 3.24. The van der Waals surface area contributed by atoms with Gasteiger partial charge in [-0.3, -0.25) is 0 Å². The standard InChI is InChI=1S/C14H14O4S/c1-9-4-3-5-11(6-9)19(17,18)12-7-10(2)14(16)13(15)8-12/h3-8,15-16H,1-2H3. The number of aryl methyl sites for hydroxylation is 2. The molecule has 5 heteroatoms. The summed E-state index contributed by atoms with van der Waals surface area (Å²) in [4.78, 5) is 0.128. The average Bonchev–Trinajstić information content (AvgIpc) is 2.35. The zero-order valence-electron chi connectivity index (χ0n) is 10.6. The lowest BCUT2D eigenvalue weighted by molar-refractivity contribution is 0.399. The Hall–Kier alpha value is -2.01. The fourth-order valence-corrected chi connectivity index (χ4v) is 3.27. The minimum absolute atomic E-state index is 0.0362. The third kappa shape index (κ3) is 2.42. The van der Waals surface area contributed by atoms with E-state index < -0.39 is 15.6 Å². The Morgan fingerprint density at radius 2 is 1.63 bits per heavy atom. The van der Waals surface area contributed by atoms with Gasteiger partial charge in [0.15, 0.2) is 11.5 Å². The molecule has 0 saturated heterocycles. The van der Waals surface area contributed by atoms with Gasteiger partial charge in [-0.25, -0.2) is 8.42 Å². The van der Waals surface area contributed by atoms with Crippen LogP contribution in [0.5, 0.6) is 11.5 Å². The van der Waals surface area contributed by atoms with Crippen LogP contribution in [0.1, 0.15) is 11.1 Å². The maximum Gasteiger partial charge on any atom is 0.206 e. The Balaban J connectivity index is 2.64. The van der Waals surface area contributed by atoms with Gasteiger partial charge in [-0.05, 0) is 43.2 Å². The highest BCUT2D eigenvalue weighted by atomic mass is 32.2. The minimum Gasteiger partial charge on any atom is -0.504 e. The molecule has 0 aliphatic carbocycles. The Labute approximate surface area is 111 Å². The second-order valence-electron chi connectivity index (χ2n) is 4.43. The van der Waals surface area contributed by atoms with Crippen molar-refractivity contribution in [2.75, 3.05) is 0 Å². The number of hydrogen-bond donors (Lipinski definition) is 2. The molecule has 100 valence electrons. The lowest BCUT2D eigenvalue weighted by atomic mass is 10.2. The Morgan fingerprint density at radius 1 is 0.947 bits per heavy atom. The molecule has 0 aliphatic rings. The lowest BCUT2D eigenvalue weighted by Crippen LogP contribution is -2.02. The quantitative estimate of drug-likeness (QED) is 0.828. The molecule has 0 aromatic heterocycles. The van der Waals surface area contributed by atoms with Crippen LogP contribution in [0.15, 0.2) is 46.2 Å². The van der Waals surface area contributed by atoms with Crippen molar-refractivity contribution in [1.29, 1.82) is 0 Å². The zero-order chi connectivity index (χ0) is 14.2. The van der Waals surface area contributed by atoms with Crippen molar-refractivity contribution in [3.8, 4) is 11.5 Å². The number of sulfone groups is 1. The molecule has 0 spiro atoms. The number of rotatable bonds is 2. The molecule has 19 heavy (non-hydrogen) atoms. The highest BCUT2D eigenvalue weighted by Gasteiger charge is 2.20. The number of hydrogen-bond acceptors (Lipinski definition) is 4. The smallest absolute Gasteiger partial charge is 0.206 e. The summed E-state index contributed by atoms with van der Waals surface area (Å²) in [7, 11) is -3.69. The molecule has 0 radical (unpaired) electrons. The van der Waals surface area contributed by atoms with Crippen LogP contribution in [0.4, 0.5) is 0 Å². The maximum atomic E-state index is 12.4. The van der Waals surface area contributed by atoms with Crippen molar-refractivity contribution < 1.29 is 18.6 Å². The molecular weight excluding hydrogens is 264 g/mol. The van der Waals surface area contributed by atoms with Gasteiger partial charge in [-0.15, -0.1) is 0 Å². The van der Waals surface area contributed by atoms with Gasteiger partial charge in [0, 0.05) is 6.07 Å². The van der Waals surface area contributed by atoms with Crippen LogP contribution >= 0.6 is 0 Å². The summed E-state index contributed by atoms with van der Waals surface area (Å²) >= 11 is 0. The lowest BCUT2D eigenvalue weighted by Gasteiger charge is -2.08. The van der Waals surface area contributed by atoms with Gasteiger partial charge in [0.25, 0.3) is 0 Å². The van der Waals surface area contributed by atoms with Crippen molar-refractivity contribution >= 4 is 9.84 Å². The van der Waals surface area contributed by atoms with E-state index in [1.54, 1.807) is 25.1 Å². The van der Waals surface area contributed by atoms with E-state index in [0.717, 1.165) is 11.6 Å². The summed E-state index contributed by atoms with van der Waals surface area (Å²) in [6, 6.07) is 8.93. The Bertz CT molecular complexity index is 710. The molecule has 0 unspecified atom stereocenters. The Morgan fingerprint density at radius 3 is 2.21 bits per heavy atom. The SMILES string of the molecule is Cc1cccc(S(=O)(=O)c2cc(C)c(O)c(O)c2)c1. The van der Waals surface area contributed by atoms with Gasteiger partial charge in [-0.2, -0.15) is 0 Å². The van der Waals surface area contributed by atoms with E-state index in [-0.39, 0.29) is 15.5 Å². The summed E-state index contributed by atoms with van der Waals surface area (Å²) in [5, 5.41) is 19.0. The molecule has 0 saturated carbocycles. The van der Waals surface area contributed by atoms with Crippen molar-refractivity contribution in [3.63, 3.8) is 0 Å². The van der Waals surface area contributed by atoms with Crippen LogP contribution in [0, 0.1) is 13.8 Å². The van der Waals surface area contributed by atoms with Crippen LogP contribution in [0.2, 0.25) is 0 Å². The predicted octanol–water partition coefficient (Wildman–Crippen LogP) is 2.55. The number of benzene rings is 2. The fourth-order valence-electron chi connectivity index (χ4n) is 1.80. The third-order valence-corrected chi connectivity index (χ3v) is 4.59. The summed E-state index contributed by atoms with van der Waals surface area (Å²) in [5.74, 6) is -0.741. The molecule has 0 amide bonds. The first-order valence-electron chi connectivity index (χ1n) is 5.66. The van der Waals surface area contributed by atoms with Gasteiger partial charge >= 0.3 is 0 Å². The summed E-state index contributed by atoms with van der Waals surface area (Å²) in [6.45, 7) is 3.34. The topological polar surface area (TPSA) is 74.6 Å². The minimum atomic E-state index is -3.69. The molecule has 0 aliphatic heterocycles. The highest BCUT2D eigenvalue weighted by molar-refractivity contribution is 7.91. The second-order valence-corrected chi connectivity index (χ2v) is 6.38. The van der Waals surface area contributed by atoms with E-state index in [0.29, 0.717) is 5.56 Å². The molecule has 0 fully saturated rings. The maximum absolute atomic E-state index is 12.4. The molecule has 2 aromatic carbocycles. The van der Waals surface area contributed by atoms with Crippen LogP contribution in [-0.4, -0.2) is 18.6 Å². The van der Waals surface area contributed by atoms with Gasteiger partial charge in [0.1, 0.15) is 0 Å². The van der Waals surface area contributed by atoms with E-state index >= 15 is 0 Å². The average molecular weight is 278 g/mol. The van der Waals surface area contributed by atoms with Crippen molar-refractivity contribution in [2.45, 2.75) is 23.6 Å². The summed E-state index contributed by atoms with van der Waals surface area (Å²) in [6.07, 6.45) is 0. The molecule has 4 nitrogen and oxygen atoms in total. The van der Waals surface area contributed by atoms with Crippen LogP contribution in [-0.2, 0) is 9.84 Å². The van der Waals surface area contributed by atoms with E-state index in [1.807, 2.05) is 0 Å². The van der Waals surface area contributed by atoms with E-state index in [9.17, 15) is 18.6 Å². The van der Waals surface area contributed by atoms with Gasteiger partial charge in [-0.1, -0.05) is 12.1 Å². The molecule has 0 bridgehead atoms. The van der Waals surface area contributed by atoms with Crippen molar-refractivity contribution in [3.05, 3.63) is 47.5 Å². The largest absolute Gasteiger partial charge is 0.504 e. The predicted molar refractivity (Wildman–Crippen MR) is 71.1 cm³/mol. The molecule has 0 atom stereocenters. The molecule has 2 N–H and O–H groups in total. The van der Waals surface area contributed by atoms with E-state index in [4.69, 9.17) is 0 Å². The molecule has 2 aromatic rings. The van der Waals surface area contributed by atoms with Gasteiger partial charge in [0.05, 0.1) is 9.79 Å². The van der Waals surface area contributed by atoms with Crippen LogP contribution in [0.25, 0.3) is 0 Å². The molecule has 2 rings (SSSR count). The fraction of sp³-hybridized carbons (Fsp3) is 0.143. The van der Waals surface area contributed by atoms with Crippen LogP contribution in [0.3, 0.4) is 0 Å². The van der Waals surface area contributed by atoms with E-state index in [2.05, 4.69) is 0 Å². The number of aromatic hydroxyl groups is 2. The third-order valence-electron chi connectivity index (χ3n) is 2.86. The normalized spacial score (nSPS) is 11.5. The van der Waals surface area contributed by atoms with E-state index in [1.165, 1.54) is 19.1 Å². The number of phenolic OH excluding ortho intramolecular Hbond substituents is 2. The van der Waals surface area contributed by atoms with Gasteiger partial charge < -0.3 is 10.2 Å². The second kappa shape index (κ2) is 4.59. The van der Waals surface area contributed by atoms with Crippen LogP contribution < -0.4 is 0 Å².